The van der Waals surface area contributed by atoms with Crippen LogP contribution >= 0.6 is 11.6 Å². The van der Waals surface area contributed by atoms with Crippen LogP contribution in [0, 0.1) is 0 Å². The molecule has 0 unspecified atom stereocenters. The Morgan fingerprint density at radius 1 is 0.931 bits per heavy atom. The van der Waals surface area contributed by atoms with E-state index < -0.39 is 12.6 Å². The predicted octanol–water partition coefficient (Wildman–Crippen LogP) is 3.23. The molecule has 0 heterocycles. The number of anilines is 1. The quantitative estimate of drug-likeness (QED) is 0.482. The Balaban J connectivity index is 1.71. The third kappa shape index (κ3) is 7.38. The Hall–Kier alpha value is -3.19. The third-order valence-electron chi connectivity index (χ3n) is 3.90. The van der Waals surface area contributed by atoms with Gasteiger partial charge in [-0.05, 0) is 48.5 Å². The second-order valence-electron chi connectivity index (χ2n) is 6.08. The summed E-state index contributed by atoms with van der Waals surface area (Å²) in [4.78, 5) is 47.1. The lowest BCUT2D eigenvalue weighted by atomic mass is 10.1. The maximum absolute atomic E-state index is 12.1. The van der Waals surface area contributed by atoms with Crippen molar-refractivity contribution in [1.82, 2.24) is 5.32 Å². The maximum Gasteiger partial charge on any atom is 0.308 e. The SMILES string of the molecule is CCC(=O)Nc1ccc(C(=O)COC(=O)CCNC(=O)c2ccc(Cl)cc2)cc1. The van der Waals surface area contributed by atoms with E-state index in [0.29, 0.717) is 28.3 Å². The van der Waals surface area contributed by atoms with Gasteiger partial charge in [-0.1, -0.05) is 18.5 Å². The third-order valence-corrected chi connectivity index (χ3v) is 4.15. The van der Waals surface area contributed by atoms with Gasteiger partial charge in [0, 0.05) is 34.8 Å². The van der Waals surface area contributed by atoms with Crippen molar-refractivity contribution in [2.45, 2.75) is 19.8 Å². The highest BCUT2D eigenvalue weighted by Gasteiger charge is 2.11. The van der Waals surface area contributed by atoms with Crippen LogP contribution in [0.1, 0.15) is 40.5 Å². The molecule has 2 rings (SSSR count). The molecule has 2 amide bonds. The van der Waals surface area contributed by atoms with Crippen molar-refractivity contribution in [2.24, 2.45) is 0 Å². The fourth-order valence-corrected chi connectivity index (χ4v) is 2.40. The number of benzene rings is 2. The molecule has 0 aliphatic heterocycles. The largest absolute Gasteiger partial charge is 0.457 e. The van der Waals surface area contributed by atoms with Crippen LogP contribution in [0.5, 0.6) is 0 Å². The summed E-state index contributed by atoms with van der Waals surface area (Å²) in [5.41, 5.74) is 1.38. The van der Waals surface area contributed by atoms with Gasteiger partial charge in [0.2, 0.25) is 5.91 Å². The first-order valence-corrected chi connectivity index (χ1v) is 9.39. The van der Waals surface area contributed by atoms with Crippen molar-refractivity contribution in [3.05, 3.63) is 64.7 Å². The molecule has 0 saturated carbocycles. The monoisotopic (exact) mass is 416 g/mol. The van der Waals surface area contributed by atoms with E-state index in [1.807, 2.05) is 0 Å². The maximum atomic E-state index is 12.1. The summed E-state index contributed by atoms with van der Waals surface area (Å²) in [5, 5.41) is 5.79. The number of hydrogen-bond acceptors (Lipinski definition) is 5. The van der Waals surface area contributed by atoms with Gasteiger partial charge in [-0.25, -0.2) is 0 Å². The summed E-state index contributed by atoms with van der Waals surface area (Å²) in [6, 6.07) is 12.7. The van der Waals surface area contributed by atoms with Gasteiger partial charge in [-0.3, -0.25) is 19.2 Å². The summed E-state index contributed by atoms with van der Waals surface area (Å²) >= 11 is 5.76. The zero-order chi connectivity index (χ0) is 21.2. The van der Waals surface area contributed by atoms with Crippen molar-refractivity contribution in [1.29, 1.82) is 0 Å². The number of hydrogen-bond donors (Lipinski definition) is 2. The molecule has 2 aromatic carbocycles. The van der Waals surface area contributed by atoms with Crippen LogP contribution in [0.3, 0.4) is 0 Å². The summed E-state index contributed by atoms with van der Waals surface area (Å²) in [6.07, 6.45) is 0.297. The normalized spacial score (nSPS) is 10.1. The van der Waals surface area contributed by atoms with Crippen LogP contribution in [0.4, 0.5) is 5.69 Å². The van der Waals surface area contributed by atoms with Crippen molar-refractivity contribution < 1.29 is 23.9 Å². The molecule has 2 aromatic rings. The van der Waals surface area contributed by atoms with Crippen molar-refractivity contribution in [3.8, 4) is 0 Å². The smallest absolute Gasteiger partial charge is 0.308 e. The predicted molar refractivity (Wildman–Crippen MR) is 109 cm³/mol. The van der Waals surface area contributed by atoms with E-state index in [-0.39, 0.29) is 30.6 Å². The van der Waals surface area contributed by atoms with Crippen LogP contribution < -0.4 is 10.6 Å². The molecule has 0 spiro atoms. The summed E-state index contributed by atoms with van der Waals surface area (Å²) in [7, 11) is 0. The lowest BCUT2D eigenvalue weighted by Crippen LogP contribution is -2.27. The van der Waals surface area contributed by atoms with Crippen molar-refractivity contribution >= 4 is 40.9 Å². The minimum atomic E-state index is -0.596. The molecule has 2 N–H and O–H groups in total. The molecule has 7 nitrogen and oxygen atoms in total. The molecule has 0 aliphatic rings. The Kier molecular flexibility index (Phi) is 8.36. The number of nitrogens with one attached hydrogen (secondary N) is 2. The number of carbonyl (C=O) groups excluding carboxylic acids is 4. The van der Waals surface area contributed by atoms with E-state index in [2.05, 4.69) is 10.6 Å². The fraction of sp³-hybridized carbons (Fsp3) is 0.238. The molecule has 8 heteroatoms. The molecule has 152 valence electrons. The molecule has 0 saturated heterocycles. The van der Waals surface area contributed by atoms with E-state index in [4.69, 9.17) is 16.3 Å². The molecule has 0 atom stereocenters. The molecular weight excluding hydrogens is 396 g/mol. The Labute approximate surface area is 173 Å². The van der Waals surface area contributed by atoms with Crippen molar-refractivity contribution in [3.63, 3.8) is 0 Å². The molecule has 0 bridgehead atoms. The lowest BCUT2D eigenvalue weighted by molar-refractivity contribution is -0.142. The van der Waals surface area contributed by atoms with Gasteiger partial charge < -0.3 is 15.4 Å². The summed E-state index contributed by atoms with van der Waals surface area (Å²) < 4.78 is 4.95. The highest BCUT2D eigenvalue weighted by Crippen LogP contribution is 2.11. The average Bonchev–Trinajstić information content (AvgIpc) is 2.72. The van der Waals surface area contributed by atoms with Gasteiger partial charge in [0.25, 0.3) is 5.91 Å². The highest BCUT2D eigenvalue weighted by atomic mass is 35.5. The Morgan fingerprint density at radius 2 is 1.55 bits per heavy atom. The molecule has 0 fully saturated rings. The molecule has 0 radical (unpaired) electrons. The van der Waals surface area contributed by atoms with Gasteiger partial charge >= 0.3 is 5.97 Å². The Bertz CT molecular complexity index is 879. The summed E-state index contributed by atoms with van der Waals surface area (Å²) in [6.45, 7) is 1.43. The molecular formula is C21H21ClN2O5. The lowest BCUT2D eigenvalue weighted by Gasteiger charge is -2.07. The fourth-order valence-electron chi connectivity index (χ4n) is 2.27. The van der Waals surface area contributed by atoms with Crippen LogP contribution in [0.25, 0.3) is 0 Å². The van der Waals surface area contributed by atoms with E-state index in [1.165, 1.54) is 0 Å². The van der Waals surface area contributed by atoms with Gasteiger partial charge in [-0.2, -0.15) is 0 Å². The minimum Gasteiger partial charge on any atom is -0.457 e. The van der Waals surface area contributed by atoms with Gasteiger partial charge in [0.1, 0.15) is 0 Å². The standard InChI is InChI=1S/C21H21ClN2O5/c1-2-19(26)24-17-9-5-14(6-10-17)18(25)13-29-20(27)11-12-23-21(28)15-3-7-16(22)8-4-15/h3-10H,2,11-13H2,1H3,(H,23,28)(H,24,26). The number of halogens is 1. The number of esters is 1. The molecule has 0 aliphatic carbocycles. The average molecular weight is 417 g/mol. The topological polar surface area (TPSA) is 102 Å². The van der Waals surface area contributed by atoms with Gasteiger partial charge in [0.15, 0.2) is 12.4 Å². The number of amides is 2. The van der Waals surface area contributed by atoms with Crippen molar-refractivity contribution in [2.75, 3.05) is 18.5 Å². The number of rotatable bonds is 9. The first-order valence-electron chi connectivity index (χ1n) is 9.01. The first-order chi connectivity index (χ1) is 13.9. The number of carbonyl (C=O) groups is 4. The number of Topliss-reactive ketones (excluding diaryl/α,β-unsaturated/α-hetero) is 1. The zero-order valence-electron chi connectivity index (χ0n) is 15.9. The van der Waals surface area contributed by atoms with Gasteiger partial charge in [-0.15, -0.1) is 0 Å². The van der Waals surface area contributed by atoms with E-state index in [9.17, 15) is 19.2 Å². The van der Waals surface area contributed by atoms with Crippen LogP contribution in [0.15, 0.2) is 48.5 Å². The number of ether oxygens (including phenoxy) is 1. The van der Waals surface area contributed by atoms with E-state index in [1.54, 1.807) is 55.5 Å². The van der Waals surface area contributed by atoms with E-state index >= 15 is 0 Å². The zero-order valence-corrected chi connectivity index (χ0v) is 16.6. The van der Waals surface area contributed by atoms with Crippen LogP contribution in [0.2, 0.25) is 5.02 Å². The Morgan fingerprint density at radius 3 is 2.17 bits per heavy atom. The highest BCUT2D eigenvalue weighted by molar-refractivity contribution is 6.30. The second-order valence-corrected chi connectivity index (χ2v) is 6.51. The first kappa shape index (κ1) is 22.1. The van der Waals surface area contributed by atoms with Crippen LogP contribution in [-0.4, -0.2) is 36.7 Å². The second kappa shape index (κ2) is 11.0. The van der Waals surface area contributed by atoms with Gasteiger partial charge in [0.05, 0.1) is 6.42 Å². The van der Waals surface area contributed by atoms with E-state index in [0.717, 1.165) is 0 Å². The minimum absolute atomic E-state index is 0.0609. The molecule has 29 heavy (non-hydrogen) atoms. The van der Waals surface area contributed by atoms with Crippen LogP contribution in [-0.2, 0) is 14.3 Å². The number of ketones is 1. The summed E-state index contributed by atoms with van der Waals surface area (Å²) in [5.74, 6) is -1.42. The molecule has 0 aromatic heterocycles.